The van der Waals surface area contributed by atoms with Crippen LogP contribution in [0.25, 0.3) is 0 Å². The van der Waals surface area contributed by atoms with Crippen LogP contribution in [0.3, 0.4) is 0 Å². The Bertz CT molecular complexity index is 459. The number of nitrogens with zero attached hydrogens (tertiary/aromatic N) is 3. The number of carbonyl (C=O) groups is 1. The molecule has 0 bridgehead atoms. The van der Waals surface area contributed by atoms with Crippen molar-refractivity contribution in [3.63, 3.8) is 0 Å². The number of unbranched alkanes of at least 4 members (excludes halogenated alkanes) is 6. The summed E-state index contributed by atoms with van der Waals surface area (Å²) in [6.45, 7) is 2.21. The molecule has 0 unspecified atom stereocenters. The molecule has 0 aliphatic heterocycles. The fourth-order valence-corrected chi connectivity index (χ4v) is 2.10. The van der Waals surface area contributed by atoms with Crippen molar-refractivity contribution in [3.8, 4) is 6.07 Å². The van der Waals surface area contributed by atoms with Crippen LogP contribution in [0.15, 0.2) is 6.20 Å². The zero-order chi connectivity index (χ0) is 14.8. The van der Waals surface area contributed by atoms with Gasteiger partial charge < -0.3 is 5.32 Å². The second-order valence-electron chi connectivity index (χ2n) is 5.10. The van der Waals surface area contributed by atoms with E-state index >= 15 is 0 Å². The van der Waals surface area contributed by atoms with Crippen LogP contribution in [0, 0.1) is 11.3 Å². The molecule has 0 spiro atoms. The van der Waals surface area contributed by atoms with Crippen molar-refractivity contribution in [2.45, 2.75) is 58.3 Å². The molecule has 5 nitrogen and oxygen atoms in total. The molecule has 1 aromatic heterocycles. The highest BCUT2D eigenvalue weighted by Gasteiger charge is 2.10. The number of nitriles is 1. The van der Waals surface area contributed by atoms with Crippen molar-refractivity contribution in [3.05, 3.63) is 11.8 Å². The molecule has 1 amide bonds. The number of nitrogens with one attached hydrogen (secondary N) is 1. The van der Waals surface area contributed by atoms with Gasteiger partial charge in [-0.25, -0.2) is 0 Å². The summed E-state index contributed by atoms with van der Waals surface area (Å²) in [5.74, 6) is 0.303. The van der Waals surface area contributed by atoms with Gasteiger partial charge in [0.2, 0.25) is 5.91 Å². The maximum absolute atomic E-state index is 11.8. The molecule has 1 aromatic rings. The number of hydrogen-bond donors (Lipinski definition) is 1. The van der Waals surface area contributed by atoms with Gasteiger partial charge in [0.1, 0.15) is 11.6 Å². The van der Waals surface area contributed by atoms with E-state index in [1.807, 2.05) is 6.07 Å². The molecule has 0 saturated heterocycles. The molecule has 20 heavy (non-hydrogen) atoms. The van der Waals surface area contributed by atoms with Crippen LogP contribution < -0.4 is 5.32 Å². The standard InChI is InChI=1S/C15H24N4O/c1-3-4-5-6-7-8-9-10-14(20)17-15-13(11-16)12-19(2)18-15/h12H,3-10H2,1-2H3,(H,17,18,20). The minimum Gasteiger partial charge on any atom is -0.308 e. The van der Waals surface area contributed by atoms with Crippen LogP contribution in [-0.4, -0.2) is 15.7 Å². The molecular formula is C15H24N4O. The summed E-state index contributed by atoms with van der Waals surface area (Å²) in [6.07, 6.45) is 10.4. The molecule has 0 aliphatic rings. The summed E-state index contributed by atoms with van der Waals surface area (Å²) >= 11 is 0. The third kappa shape index (κ3) is 5.87. The Morgan fingerprint density at radius 3 is 2.60 bits per heavy atom. The fourth-order valence-electron chi connectivity index (χ4n) is 2.10. The van der Waals surface area contributed by atoms with E-state index in [2.05, 4.69) is 17.3 Å². The van der Waals surface area contributed by atoms with E-state index in [4.69, 9.17) is 5.26 Å². The van der Waals surface area contributed by atoms with Crippen LogP contribution in [0.4, 0.5) is 5.82 Å². The van der Waals surface area contributed by atoms with E-state index in [1.54, 1.807) is 13.2 Å². The number of aromatic nitrogens is 2. The number of hydrogen-bond acceptors (Lipinski definition) is 3. The second-order valence-corrected chi connectivity index (χ2v) is 5.10. The van der Waals surface area contributed by atoms with Crippen molar-refractivity contribution in [1.29, 1.82) is 5.26 Å². The van der Waals surface area contributed by atoms with Gasteiger partial charge in [0.05, 0.1) is 0 Å². The van der Waals surface area contributed by atoms with E-state index in [1.165, 1.54) is 36.8 Å². The first-order chi connectivity index (χ1) is 9.67. The largest absolute Gasteiger partial charge is 0.308 e. The van der Waals surface area contributed by atoms with Crippen LogP contribution in [-0.2, 0) is 11.8 Å². The van der Waals surface area contributed by atoms with Crippen molar-refractivity contribution in [2.75, 3.05) is 5.32 Å². The molecule has 0 atom stereocenters. The SMILES string of the molecule is CCCCCCCCCC(=O)Nc1nn(C)cc1C#N. The zero-order valence-corrected chi connectivity index (χ0v) is 12.5. The average molecular weight is 276 g/mol. The van der Waals surface area contributed by atoms with Crippen molar-refractivity contribution in [1.82, 2.24) is 9.78 Å². The first-order valence-corrected chi connectivity index (χ1v) is 7.41. The van der Waals surface area contributed by atoms with Crippen molar-refractivity contribution < 1.29 is 4.79 Å². The summed E-state index contributed by atoms with van der Waals surface area (Å²) in [7, 11) is 1.73. The smallest absolute Gasteiger partial charge is 0.225 e. The first-order valence-electron chi connectivity index (χ1n) is 7.41. The van der Waals surface area contributed by atoms with Crippen LogP contribution >= 0.6 is 0 Å². The van der Waals surface area contributed by atoms with E-state index in [-0.39, 0.29) is 5.91 Å². The molecule has 0 saturated carbocycles. The predicted octanol–water partition coefficient (Wildman–Crippen LogP) is 3.37. The van der Waals surface area contributed by atoms with Gasteiger partial charge in [-0.05, 0) is 6.42 Å². The number of aryl methyl sites for hydroxylation is 1. The second kappa shape index (κ2) is 9.13. The van der Waals surface area contributed by atoms with Crippen molar-refractivity contribution in [2.24, 2.45) is 7.05 Å². The first kappa shape index (κ1) is 16.2. The molecule has 0 aliphatic carbocycles. The van der Waals surface area contributed by atoms with Gasteiger partial charge >= 0.3 is 0 Å². The van der Waals surface area contributed by atoms with Gasteiger partial charge in [0.25, 0.3) is 0 Å². The highest BCUT2D eigenvalue weighted by Crippen LogP contribution is 2.12. The Labute approximate surface area is 121 Å². The minimum absolute atomic E-state index is 0.0613. The lowest BCUT2D eigenvalue weighted by Crippen LogP contribution is -2.12. The number of anilines is 1. The maximum atomic E-state index is 11.8. The molecule has 0 fully saturated rings. The summed E-state index contributed by atoms with van der Waals surface area (Å²) in [4.78, 5) is 11.8. The van der Waals surface area contributed by atoms with Gasteiger partial charge in [0.15, 0.2) is 5.82 Å². The summed E-state index contributed by atoms with van der Waals surface area (Å²) in [5.41, 5.74) is 0.403. The quantitative estimate of drug-likeness (QED) is 0.703. The Morgan fingerprint density at radius 2 is 1.95 bits per heavy atom. The number of amides is 1. The Morgan fingerprint density at radius 1 is 1.30 bits per heavy atom. The third-order valence-corrected chi connectivity index (χ3v) is 3.21. The molecule has 0 radical (unpaired) electrons. The monoisotopic (exact) mass is 276 g/mol. The third-order valence-electron chi connectivity index (χ3n) is 3.21. The molecular weight excluding hydrogens is 252 g/mol. The fraction of sp³-hybridized carbons (Fsp3) is 0.667. The summed E-state index contributed by atoms with van der Waals surface area (Å²) in [6, 6.07) is 2.02. The molecule has 1 heterocycles. The van der Waals surface area contributed by atoms with E-state index in [0.29, 0.717) is 17.8 Å². The lowest BCUT2D eigenvalue weighted by molar-refractivity contribution is -0.116. The Balaban J connectivity index is 2.19. The highest BCUT2D eigenvalue weighted by atomic mass is 16.1. The molecule has 5 heteroatoms. The lowest BCUT2D eigenvalue weighted by Gasteiger charge is -2.03. The molecule has 1 N–H and O–H groups in total. The lowest BCUT2D eigenvalue weighted by atomic mass is 10.1. The summed E-state index contributed by atoms with van der Waals surface area (Å²) < 4.78 is 1.53. The van der Waals surface area contributed by atoms with Crippen LogP contribution in [0.1, 0.15) is 63.9 Å². The average Bonchev–Trinajstić information content (AvgIpc) is 2.77. The maximum Gasteiger partial charge on any atom is 0.225 e. The van der Waals surface area contributed by atoms with E-state index < -0.39 is 0 Å². The summed E-state index contributed by atoms with van der Waals surface area (Å²) in [5, 5.41) is 15.7. The van der Waals surface area contributed by atoms with Crippen molar-refractivity contribution >= 4 is 11.7 Å². The minimum atomic E-state index is -0.0613. The molecule has 1 rings (SSSR count). The van der Waals surface area contributed by atoms with Gasteiger partial charge in [-0.15, -0.1) is 0 Å². The van der Waals surface area contributed by atoms with Crippen LogP contribution in [0.5, 0.6) is 0 Å². The zero-order valence-electron chi connectivity index (χ0n) is 12.5. The Kier molecular flexibility index (Phi) is 7.41. The normalized spacial score (nSPS) is 10.2. The van der Waals surface area contributed by atoms with Gasteiger partial charge in [0, 0.05) is 19.7 Å². The van der Waals surface area contributed by atoms with Gasteiger partial charge in [-0.1, -0.05) is 45.4 Å². The van der Waals surface area contributed by atoms with E-state index in [0.717, 1.165) is 12.8 Å². The number of rotatable bonds is 9. The van der Waals surface area contributed by atoms with Crippen LogP contribution in [0.2, 0.25) is 0 Å². The van der Waals surface area contributed by atoms with E-state index in [9.17, 15) is 4.79 Å². The number of carbonyl (C=O) groups excluding carboxylic acids is 1. The molecule has 110 valence electrons. The van der Waals surface area contributed by atoms with Gasteiger partial charge in [-0.2, -0.15) is 10.4 Å². The van der Waals surface area contributed by atoms with Gasteiger partial charge in [-0.3, -0.25) is 9.48 Å². The molecule has 0 aromatic carbocycles. The topological polar surface area (TPSA) is 70.7 Å². The highest BCUT2D eigenvalue weighted by molar-refractivity contribution is 5.90. The predicted molar refractivity (Wildman–Crippen MR) is 79.2 cm³/mol. The Hall–Kier alpha value is -1.83.